The van der Waals surface area contributed by atoms with Gasteiger partial charge in [0.15, 0.2) is 9.84 Å². The summed E-state index contributed by atoms with van der Waals surface area (Å²) < 4.78 is 40.1. The van der Waals surface area contributed by atoms with E-state index in [1.165, 1.54) is 6.42 Å². The molecule has 2 amide bonds. The van der Waals surface area contributed by atoms with Crippen molar-refractivity contribution < 1.29 is 22.4 Å². The summed E-state index contributed by atoms with van der Waals surface area (Å²) in [6.07, 6.45) is 11.0. The summed E-state index contributed by atoms with van der Waals surface area (Å²) in [5.41, 5.74) is 0. The predicted octanol–water partition coefficient (Wildman–Crippen LogP) is 4.56. The van der Waals surface area contributed by atoms with E-state index in [0.29, 0.717) is 56.4 Å². The highest BCUT2D eigenvalue weighted by atomic mass is 32.2. The zero-order chi connectivity index (χ0) is 25.0. The number of hydrogen-bond donors (Lipinski definition) is 1. The van der Waals surface area contributed by atoms with Crippen LogP contribution in [0.15, 0.2) is 0 Å². The second-order valence-corrected chi connectivity index (χ2v) is 14.1. The molecule has 6 nitrogen and oxygen atoms in total. The fourth-order valence-corrected chi connectivity index (χ4v) is 8.95. The second-order valence-electron chi connectivity index (χ2n) is 11.7. The number of hydrogen-bond acceptors (Lipinski definition) is 4. The van der Waals surface area contributed by atoms with Crippen molar-refractivity contribution in [3.63, 3.8) is 0 Å². The minimum absolute atomic E-state index is 0.0974. The molecule has 0 aromatic carbocycles. The number of carbonyl (C=O) groups is 2. The molecule has 200 valence electrons. The van der Waals surface area contributed by atoms with Crippen molar-refractivity contribution in [1.29, 1.82) is 0 Å². The van der Waals surface area contributed by atoms with E-state index in [0.717, 1.165) is 51.4 Å². The van der Waals surface area contributed by atoms with Crippen LogP contribution in [0.3, 0.4) is 0 Å². The van der Waals surface area contributed by atoms with Crippen LogP contribution in [-0.2, 0) is 19.4 Å². The number of carbonyl (C=O) groups excluding carboxylic acids is 2. The lowest BCUT2D eigenvalue weighted by Gasteiger charge is -2.39. The monoisotopic (exact) mass is 512 g/mol. The Hall–Kier alpha value is -1.18. The molecule has 3 atom stereocenters. The number of halogens is 1. The molecule has 0 aliphatic heterocycles. The largest absolute Gasteiger partial charge is 0.350 e. The molecule has 35 heavy (non-hydrogen) atoms. The van der Waals surface area contributed by atoms with E-state index in [2.05, 4.69) is 5.32 Å². The summed E-state index contributed by atoms with van der Waals surface area (Å²) in [6, 6.07) is -0.220. The van der Waals surface area contributed by atoms with Crippen molar-refractivity contribution in [2.75, 3.05) is 12.3 Å². The van der Waals surface area contributed by atoms with Gasteiger partial charge in [-0.25, -0.2) is 12.8 Å². The van der Waals surface area contributed by atoms with Crippen LogP contribution in [0.5, 0.6) is 0 Å². The Labute approximate surface area is 211 Å². The third-order valence-electron chi connectivity index (χ3n) is 9.05. The predicted molar refractivity (Wildman–Crippen MR) is 135 cm³/mol. The van der Waals surface area contributed by atoms with E-state index < -0.39 is 22.1 Å². The lowest BCUT2D eigenvalue weighted by Crippen LogP contribution is -2.50. The fourth-order valence-electron chi connectivity index (χ4n) is 6.70. The third kappa shape index (κ3) is 7.20. The highest BCUT2D eigenvalue weighted by Gasteiger charge is 2.39. The lowest BCUT2D eigenvalue weighted by molar-refractivity contribution is -0.140. The van der Waals surface area contributed by atoms with Gasteiger partial charge in [-0.05, 0) is 89.4 Å². The second kappa shape index (κ2) is 11.9. The molecular weight excluding hydrogens is 467 g/mol. The first-order valence-corrected chi connectivity index (χ1v) is 15.9. The van der Waals surface area contributed by atoms with E-state index in [4.69, 9.17) is 0 Å². The average molecular weight is 513 g/mol. The number of nitrogens with one attached hydrogen (secondary N) is 1. The molecule has 4 fully saturated rings. The lowest BCUT2D eigenvalue weighted by atomic mass is 9.82. The number of rotatable bonds is 9. The SMILES string of the molecule is CCN(C(=O)C1CCC(NC(=O)CC2CCC(S(=O)(=O)CC3CC3)CC2)C(F)C1)C1CCCCC1. The first kappa shape index (κ1) is 26.9. The van der Waals surface area contributed by atoms with Crippen molar-refractivity contribution in [3.05, 3.63) is 0 Å². The fraction of sp³-hybridized carbons (Fsp3) is 0.926. The van der Waals surface area contributed by atoms with Crippen LogP contribution in [-0.4, -0.2) is 60.9 Å². The topological polar surface area (TPSA) is 83.6 Å². The maximum atomic E-state index is 15.0. The van der Waals surface area contributed by atoms with Crippen molar-refractivity contribution in [1.82, 2.24) is 10.2 Å². The normalized spacial score (nSPS) is 32.7. The summed E-state index contributed by atoms with van der Waals surface area (Å²) in [5, 5.41) is 2.65. The first-order valence-electron chi connectivity index (χ1n) is 14.2. The minimum Gasteiger partial charge on any atom is -0.350 e. The highest BCUT2D eigenvalue weighted by Crippen LogP contribution is 2.36. The Morgan fingerprint density at radius 1 is 0.886 bits per heavy atom. The zero-order valence-corrected chi connectivity index (χ0v) is 22.2. The van der Waals surface area contributed by atoms with Crippen LogP contribution in [0.4, 0.5) is 4.39 Å². The van der Waals surface area contributed by atoms with E-state index >= 15 is 4.39 Å². The Kier molecular flexibility index (Phi) is 9.14. The van der Waals surface area contributed by atoms with Crippen LogP contribution in [0, 0.1) is 17.8 Å². The zero-order valence-electron chi connectivity index (χ0n) is 21.4. The molecule has 4 aliphatic carbocycles. The van der Waals surface area contributed by atoms with Gasteiger partial charge in [0.25, 0.3) is 0 Å². The van der Waals surface area contributed by atoms with Gasteiger partial charge in [0, 0.05) is 24.9 Å². The van der Waals surface area contributed by atoms with Gasteiger partial charge in [-0.2, -0.15) is 0 Å². The van der Waals surface area contributed by atoms with Gasteiger partial charge in [-0.15, -0.1) is 0 Å². The maximum absolute atomic E-state index is 15.0. The van der Waals surface area contributed by atoms with Gasteiger partial charge in [0.2, 0.25) is 11.8 Å². The molecule has 0 radical (unpaired) electrons. The summed E-state index contributed by atoms with van der Waals surface area (Å²) in [4.78, 5) is 27.8. The Morgan fingerprint density at radius 2 is 1.54 bits per heavy atom. The van der Waals surface area contributed by atoms with Crippen LogP contribution in [0.1, 0.15) is 103 Å². The van der Waals surface area contributed by atoms with E-state index in [1.54, 1.807) is 0 Å². The number of alkyl halides is 1. The van der Waals surface area contributed by atoms with Gasteiger partial charge in [-0.1, -0.05) is 19.3 Å². The number of sulfone groups is 1. The Morgan fingerprint density at radius 3 is 2.14 bits per heavy atom. The Balaban J connectivity index is 1.19. The van der Waals surface area contributed by atoms with Crippen LogP contribution in [0.2, 0.25) is 0 Å². The van der Waals surface area contributed by atoms with Crippen LogP contribution >= 0.6 is 0 Å². The quantitative estimate of drug-likeness (QED) is 0.491. The summed E-state index contributed by atoms with van der Waals surface area (Å²) in [7, 11) is -3.01. The van der Waals surface area contributed by atoms with Gasteiger partial charge in [0.1, 0.15) is 6.17 Å². The number of nitrogens with zero attached hydrogens (tertiary/aromatic N) is 1. The molecule has 0 spiro atoms. The molecular formula is C27H45FN2O4S. The molecule has 0 aromatic rings. The van der Waals surface area contributed by atoms with Gasteiger partial charge < -0.3 is 10.2 Å². The minimum atomic E-state index is -3.01. The molecule has 4 saturated carbocycles. The van der Waals surface area contributed by atoms with E-state index in [9.17, 15) is 18.0 Å². The molecule has 0 bridgehead atoms. The van der Waals surface area contributed by atoms with E-state index in [-0.39, 0.29) is 35.3 Å². The smallest absolute Gasteiger partial charge is 0.226 e. The molecule has 0 aromatic heterocycles. The van der Waals surface area contributed by atoms with Crippen molar-refractivity contribution in [2.45, 2.75) is 127 Å². The summed E-state index contributed by atoms with van der Waals surface area (Å²) >= 11 is 0. The van der Waals surface area contributed by atoms with Crippen molar-refractivity contribution >= 4 is 21.7 Å². The molecule has 0 saturated heterocycles. The van der Waals surface area contributed by atoms with Crippen molar-refractivity contribution in [2.24, 2.45) is 17.8 Å². The van der Waals surface area contributed by atoms with E-state index in [1.807, 2.05) is 11.8 Å². The van der Waals surface area contributed by atoms with Crippen LogP contribution in [0.25, 0.3) is 0 Å². The summed E-state index contributed by atoms with van der Waals surface area (Å²) in [5.74, 6) is 0.562. The number of amides is 2. The molecule has 1 N–H and O–H groups in total. The first-order chi connectivity index (χ1) is 16.8. The molecule has 4 rings (SSSR count). The van der Waals surface area contributed by atoms with Gasteiger partial charge in [0.05, 0.1) is 17.0 Å². The van der Waals surface area contributed by atoms with Gasteiger partial charge in [-0.3, -0.25) is 9.59 Å². The highest BCUT2D eigenvalue weighted by molar-refractivity contribution is 7.92. The third-order valence-corrected chi connectivity index (χ3v) is 11.5. The molecule has 0 heterocycles. The van der Waals surface area contributed by atoms with Crippen LogP contribution < -0.4 is 5.32 Å². The molecule has 3 unspecified atom stereocenters. The average Bonchev–Trinajstić information content (AvgIpc) is 3.65. The summed E-state index contributed by atoms with van der Waals surface area (Å²) in [6.45, 7) is 2.70. The van der Waals surface area contributed by atoms with Gasteiger partial charge >= 0.3 is 0 Å². The molecule has 4 aliphatic rings. The Bertz CT molecular complexity index is 832. The maximum Gasteiger partial charge on any atom is 0.226 e. The standard InChI is InChI=1S/C27H45FN2O4S/c1-2-30(22-6-4-3-5-7-22)27(32)21-12-15-25(24(28)17-21)29-26(31)16-19-10-13-23(14-11-19)35(33,34)18-20-8-9-20/h19-25H,2-18H2,1H3,(H,29,31). The molecule has 8 heteroatoms. The van der Waals surface area contributed by atoms with Crippen molar-refractivity contribution in [3.8, 4) is 0 Å².